The van der Waals surface area contributed by atoms with Gasteiger partial charge in [0.15, 0.2) is 0 Å². The maximum Gasteiger partial charge on any atom is 0.133 e. The molecule has 0 amide bonds. The van der Waals surface area contributed by atoms with Crippen molar-refractivity contribution in [2.45, 2.75) is 39.8 Å². The van der Waals surface area contributed by atoms with E-state index in [1.807, 2.05) is 6.07 Å². The van der Waals surface area contributed by atoms with Crippen LogP contribution in [0.2, 0.25) is 0 Å². The van der Waals surface area contributed by atoms with Gasteiger partial charge in [-0.15, -0.1) is 0 Å². The Morgan fingerprint density at radius 3 is 2.59 bits per heavy atom. The van der Waals surface area contributed by atoms with Gasteiger partial charge in [-0.05, 0) is 46.5 Å². The third kappa shape index (κ3) is 4.32. The number of benzene rings is 1. The zero-order valence-corrected chi connectivity index (χ0v) is 12.7. The summed E-state index contributed by atoms with van der Waals surface area (Å²) >= 11 is 3.50. The van der Waals surface area contributed by atoms with E-state index in [9.17, 15) is 0 Å². The van der Waals surface area contributed by atoms with Gasteiger partial charge in [0.05, 0.1) is 11.6 Å². The van der Waals surface area contributed by atoms with Crippen LogP contribution in [0, 0.1) is 5.92 Å². The molecule has 0 spiro atoms. The van der Waals surface area contributed by atoms with Gasteiger partial charge in [0.25, 0.3) is 0 Å². The number of methoxy groups -OCH3 is 1. The first-order valence-corrected chi connectivity index (χ1v) is 6.93. The van der Waals surface area contributed by atoms with Crippen molar-refractivity contribution >= 4 is 15.9 Å². The molecule has 2 unspecified atom stereocenters. The Kier molecular flexibility index (Phi) is 6.00. The molecule has 2 atom stereocenters. The summed E-state index contributed by atoms with van der Waals surface area (Å²) in [6.07, 6.45) is 1.21. The molecule has 2 nitrogen and oxygen atoms in total. The standard InChI is InChI=1S/C14H22BrNO/c1-5-10(2)11(3)16-9-12-6-7-14(17-4)13(15)8-12/h6-8,10-11,16H,5,9H2,1-4H3. The summed E-state index contributed by atoms with van der Waals surface area (Å²) < 4.78 is 6.22. The Hall–Kier alpha value is -0.540. The van der Waals surface area contributed by atoms with E-state index in [0.717, 1.165) is 16.8 Å². The molecule has 17 heavy (non-hydrogen) atoms. The highest BCUT2D eigenvalue weighted by atomic mass is 79.9. The van der Waals surface area contributed by atoms with E-state index in [4.69, 9.17) is 4.74 Å². The maximum absolute atomic E-state index is 5.21. The first-order chi connectivity index (χ1) is 8.08. The van der Waals surface area contributed by atoms with Gasteiger partial charge in [0, 0.05) is 12.6 Å². The van der Waals surface area contributed by atoms with E-state index >= 15 is 0 Å². The summed E-state index contributed by atoms with van der Waals surface area (Å²) in [7, 11) is 1.68. The SMILES string of the molecule is CCC(C)C(C)NCc1ccc(OC)c(Br)c1. The summed E-state index contributed by atoms with van der Waals surface area (Å²) in [5.41, 5.74) is 1.27. The van der Waals surface area contributed by atoms with E-state index in [2.05, 4.69) is 54.2 Å². The number of rotatable bonds is 6. The highest BCUT2D eigenvalue weighted by Crippen LogP contribution is 2.25. The normalized spacial score (nSPS) is 14.4. The molecule has 0 saturated carbocycles. The fourth-order valence-corrected chi connectivity index (χ4v) is 2.24. The second kappa shape index (κ2) is 7.02. The van der Waals surface area contributed by atoms with E-state index in [-0.39, 0.29) is 0 Å². The van der Waals surface area contributed by atoms with Crippen LogP contribution >= 0.6 is 15.9 Å². The van der Waals surface area contributed by atoms with Crippen LogP contribution in [0.4, 0.5) is 0 Å². The zero-order chi connectivity index (χ0) is 12.8. The molecule has 0 bridgehead atoms. The molecule has 0 aliphatic carbocycles. The van der Waals surface area contributed by atoms with Crippen molar-refractivity contribution in [3.8, 4) is 5.75 Å². The first-order valence-electron chi connectivity index (χ1n) is 6.14. The smallest absolute Gasteiger partial charge is 0.133 e. The van der Waals surface area contributed by atoms with Crippen molar-refractivity contribution in [3.05, 3.63) is 28.2 Å². The van der Waals surface area contributed by atoms with Gasteiger partial charge in [0.2, 0.25) is 0 Å². The molecule has 1 rings (SSSR count). The largest absolute Gasteiger partial charge is 0.496 e. The molecule has 0 radical (unpaired) electrons. The summed E-state index contributed by atoms with van der Waals surface area (Å²) in [6, 6.07) is 6.74. The van der Waals surface area contributed by atoms with E-state index in [0.29, 0.717) is 12.0 Å². The maximum atomic E-state index is 5.21. The lowest BCUT2D eigenvalue weighted by molar-refractivity contribution is 0.389. The number of hydrogen-bond donors (Lipinski definition) is 1. The molecule has 96 valence electrons. The van der Waals surface area contributed by atoms with Gasteiger partial charge in [0.1, 0.15) is 5.75 Å². The predicted octanol–water partition coefficient (Wildman–Crippen LogP) is 3.98. The van der Waals surface area contributed by atoms with Crippen molar-refractivity contribution in [2.75, 3.05) is 7.11 Å². The Labute approximate surface area is 113 Å². The van der Waals surface area contributed by atoms with Crippen molar-refractivity contribution < 1.29 is 4.74 Å². The van der Waals surface area contributed by atoms with Crippen LogP contribution < -0.4 is 10.1 Å². The van der Waals surface area contributed by atoms with Crippen molar-refractivity contribution in [1.82, 2.24) is 5.32 Å². The summed E-state index contributed by atoms with van der Waals surface area (Å²) in [4.78, 5) is 0. The fraction of sp³-hybridized carbons (Fsp3) is 0.571. The second-order valence-electron chi connectivity index (χ2n) is 4.52. The minimum absolute atomic E-state index is 0.542. The molecule has 0 saturated heterocycles. The molecule has 0 aliphatic rings. The summed E-state index contributed by atoms with van der Waals surface area (Å²) in [6.45, 7) is 7.65. The van der Waals surface area contributed by atoms with Crippen LogP contribution in [0.25, 0.3) is 0 Å². The zero-order valence-electron chi connectivity index (χ0n) is 11.1. The third-order valence-corrected chi connectivity index (χ3v) is 3.96. The molecule has 0 aromatic heterocycles. The lowest BCUT2D eigenvalue weighted by Gasteiger charge is -2.20. The van der Waals surface area contributed by atoms with Crippen LogP contribution in [-0.2, 0) is 6.54 Å². The fourth-order valence-electron chi connectivity index (χ4n) is 1.65. The van der Waals surface area contributed by atoms with Gasteiger partial charge in [-0.3, -0.25) is 0 Å². The minimum atomic E-state index is 0.542. The van der Waals surface area contributed by atoms with E-state index < -0.39 is 0 Å². The summed E-state index contributed by atoms with van der Waals surface area (Å²) in [5, 5.41) is 3.55. The van der Waals surface area contributed by atoms with E-state index in [1.165, 1.54) is 12.0 Å². The lowest BCUT2D eigenvalue weighted by Crippen LogP contribution is -2.31. The van der Waals surface area contributed by atoms with Gasteiger partial charge in [-0.2, -0.15) is 0 Å². The quantitative estimate of drug-likeness (QED) is 0.858. The molecule has 1 N–H and O–H groups in total. The molecule has 0 heterocycles. The molecule has 1 aromatic rings. The number of nitrogens with one attached hydrogen (secondary N) is 1. The Balaban J connectivity index is 2.55. The van der Waals surface area contributed by atoms with Crippen LogP contribution in [-0.4, -0.2) is 13.2 Å². The highest BCUT2D eigenvalue weighted by molar-refractivity contribution is 9.10. The van der Waals surface area contributed by atoms with Crippen molar-refractivity contribution in [2.24, 2.45) is 5.92 Å². The van der Waals surface area contributed by atoms with Crippen molar-refractivity contribution in [3.63, 3.8) is 0 Å². The molecular weight excluding hydrogens is 278 g/mol. The topological polar surface area (TPSA) is 21.3 Å². The number of halogens is 1. The van der Waals surface area contributed by atoms with Crippen molar-refractivity contribution in [1.29, 1.82) is 0 Å². The predicted molar refractivity (Wildman–Crippen MR) is 76.5 cm³/mol. The van der Waals surface area contributed by atoms with Gasteiger partial charge in [-0.1, -0.05) is 26.3 Å². The van der Waals surface area contributed by atoms with Gasteiger partial charge < -0.3 is 10.1 Å². The highest BCUT2D eigenvalue weighted by Gasteiger charge is 2.09. The lowest BCUT2D eigenvalue weighted by atomic mass is 10.0. The Morgan fingerprint density at radius 2 is 2.06 bits per heavy atom. The Morgan fingerprint density at radius 1 is 1.35 bits per heavy atom. The van der Waals surface area contributed by atoms with Gasteiger partial charge >= 0.3 is 0 Å². The monoisotopic (exact) mass is 299 g/mol. The number of ether oxygens (including phenoxy) is 1. The molecule has 0 aliphatic heterocycles. The van der Waals surface area contributed by atoms with Crippen LogP contribution in [0.15, 0.2) is 22.7 Å². The van der Waals surface area contributed by atoms with E-state index in [1.54, 1.807) is 7.11 Å². The van der Waals surface area contributed by atoms with Crippen LogP contribution in [0.1, 0.15) is 32.8 Å². The summed E-state index contributed by atoms with van der Waals surface area (Å²) in [5.74, 6) is 1.58. The van der Waals surface area contributed by atoms with Gasteiger partial charge in [-0.25, -0.2) is 0 Å². The minimum Gasteiger partial charge on any atom is -0.496 e. The average Bonchev–Trinajstić information content (AvgIpc) is 2.35. The average molecular weight is 300 g/mol. The third-order valence-electron chi connectivity index (χ3n) is 3.34. The Bertz CT molecular complexity index is 354. The number of hydrogen-bond acceptors (Lipinski definition) is 2. The molecular formula is C14H22BrNO. The molecule has 3 heteroatoms. The molecule has 1 aromatic carbocycles. The molecule has 0 fully saturated rings. The van der Waals surface area contributed by atoms with Crippen LogP contribution in [0.5, 0.6) is 5.75 Å². The van der Waals surface area contributed by atoms with Crippen LogP contribution in [0.3, 0.4) is 0 Å². The first kappa shape index (κ1) is 14.5. The second-order valence-corrected chi connectivity index (χ2v) is 5.38.